The van der Waals surface area contributed by atoms with Crippen molar-refractivity contribution in [2.24, 2.45) is 0 Å². The van der Waals surface area contributed by atoms with E-state index < -0.39 is 18.1 Å². The predicted molar refractivity (Wildman–Crippen MR) is 53.0 cm³/mol. The third-order valence-corrected chi connectivity index (χ3v) is 2.36. The average Bonchev–Trinajstić information content (AvgIpc) is 2.50. The summed E-state index contributed by atoms with van der Waals surface area (Å²) >= 11 is 0. The van der Waals surface area contributed by atoms with Gasteiger partial charge in [0.25, 0.3) is 0 Å². The molecule has 0 bridgehead atoms. The van der Waals surface area contributed by atoms with Crippen LogP contribution in [0.4, 0.5) is 0 Å². The van der Waals surface area contributed by atoms with Gasteiger partial charge in [-0.3, -0.25) is 4.79 Å². The van der Waals surface area contributed by atoms with Gasteiger partial charge in [-0.15, -0.1) is 0 Å². The normalized spacial score (nSPS) is 25.1. The maximum atomic E-state index is 11.3. The fourth-order valence-corrected chi connectivity index (χ4v) is 1.45. The van der Waals surface area contributed by atoms with E-state index in [0.29, 0.717) is 6.42 Å². The lowest BCUT2D eigenvalue weighted by molar-refractivity contribution is -0.141. The molecule has 0 radical (unpaired) electrons. The molecule has 1 amide bonds. The van der Waals surface area contributed by atoms with Gasteiger partial charge in [0, 0.05) is 6.42 Å². The van der Waals surface area contributed by atoms with Crippen molar-refractivity contribution < 1.29 is 19.4 Å². The summed E-state index contributed by atoms with van der Waals surface area (Å²) in [6.45, 7) is 2.02. The van der Waals surface area contributed by atoms with Crippen LogP contribution in [0.2, 0.25) is 0 Å². The number of aliphatic hydroxyl groups is 1. The first-order valence-corrected chi connectivity index (χ1v) is 5.29. The molecule has 15 heavy (non-hydrogen) atoms. The molecule has 2 N–H and O–H groups in total. The number of hydrogen-bond donors (Lipinski definition) is 2. The summed E-state index contributed by atoms with van der Waals surface area (Å²) in [5, 5.41) is 11.8. The lowest BCUT2D eigenvalue weighted by atomic mass is 10.1. The van der Waals surface area contributed by atoms with Gasteiger partial charge in [-0.1, -0.05) is 19.8 Å². The Hall–Kier alpha value is -1.10. The van der Waals surface area contributed by atoms with Gasteiger partial charge >= 0.3 is 5.97 Å². The number of rotatable bonds is 5. The number of esters is 1. The number of carbonyl (C=O) groups excluding carboxylic acids is 2. The van der Waals surface area contributed by atoms with Crippen LogP contribution in [0.15, 0.2) is 0 Å². The van der Waals surface area contributed by atoms with Crippen molar-refractivity contribution in [2.45, 2.75) is 44.8 Å². The lowest BCUT2D eigenvalue weighted by Crippen LogP contribution is -2.44. The van der Waals surface area contributed by atoms with Crippen LogP contribution >= 0.6 is 0 Å². The van der Waals surface area contributed by atoms with Crippen LogP contribution in [0, 0.1) is 0 Å². The Bertz CT molecular complexity index is 242. The fraction of sp³-hybridized carbons (Fsp3) is 0.800. The van der Waals surface area contributed by atoms with Crippen LogP contribution in [-0.4, -0.2) is 35.7 Å². The molecule has 0 aromatic rings. The van der Waals surface area contributed by atoms with Crippen LogP contribution < -0.4 is 5.32 Å². The highest BCUT2D eigenvalue weighted by Crippen LogP contribution is 2.08. The second-order valence-corrected chi connectivity index (χ2v) is 3.70. The minimum Gasteiger partial charge on any atom is -0.461 e. The number of aliphatic hydroxyl groups excluding tert-OH is 1. The van der Waals surface area contributed by atoms with E-state index in [0.717, 1.165) is 19.3 Å². The number of ether oxygens (including phenoxy) is 1. The Kier molecular flexibility index (Phi) is 4.55. The van der Waals surface area contributed by atoms with Gasteiger partial charge in [0.1, 0.15) is 12.7 Å². The van der Waals surface area contributed by atoms with E-state index >= 15 is 0 Å². The molecule has 1 aliphatic heterocycles. The van der Waals surface area contributed by atoms with Crippen molar-refractivity contribution >= 4 is 11.9 Å². The van der Waals surface area contributed by atoms with E-state index in [1.807, 2.05) is 0 Å². The molecule has 86 valence electrons. The molecular weight excluding hydrogens is 198 g/mol. The Morgan fingerprint density at radius 3 is 2.87 bits per heavy atom. The molecule has 0 saturated carbocycles. The van der Waals surface area contributed by atoms with Gasteiger partial charge in [0.15, 0.2) is 6.04 Å². The number of cyclic esters (lactones) is 1. The van der Waals surface area contributed by atoms with E-state index in [9.17, 15) is 14.7 Å². The summed E-state index contributed by atoms with van der Waals surface area (Å²) in [7, 11) is 0. The third-order valence-electron chi connectivity index (χ3n) is 2.36. The molecule has 1 fully saturated rings. The highest BCUT2D eigenvalue weighted by atomic mass is 16.6. The highest BCUT2D eigenvalue weighted by molar-refractivity contribution is 5.86. The molecular formula is C10H17NO4. The molecule has 0 unspecified atom stereocenters. The fourth-order valence-electron chi connectivity index (χ4n) is 1.45. The molecule has 5 nitrogen and oxygen atoms in total. The molecule has 0 aromatic carbocycles. The quantitative estimate of drug-likeness (QED) is 0.499. The van der Waals surface area contributed by atoms with Crippen LogP contribution in [-0.2, 0) is 14.3 Å². The second kappa shape index (κ2) is 5.70. The summed E-state index contributed by atoms with van der Waals surface area (Å²) in [6.07, 6.45) is 2.32. The van der Waals surface area contributed by atoms with Crippen LogP contribution in [0.25, 0.3) is 0 Å². The molecule has 2 atom stereocenters. The van der Waals surface area contributed by atoms with Gasteiger partial charge < -0.3 is 15.2 Å². The Balaban J connectivity index is 2.27. The van der Waals surface area contributed by atoms with Crippen LogP contribution in [0.3, 0.4) is 0 Å². The highest BCUT2D eigenvalue weighted by Gasteiger charge is 2.36. The van der Waals surface area contributed by atoms with Gasteiger partial charge in [-0.2, -0.15) is 0 Å². The van der Waals surface area contributed by atoms with Crippen molar-refractivity contribution in [3.05, 3.63) is 0 Å². The summed E-state index contributed by atoms with van der Waals surface area (Å²) in [6, 6.07) is -0.876. The maximum Gasteiger partial charge on any atom is 0.331 e. The number of unbranched alkanes of at least 4 members (excludes halogenated alkanes) is 2. The first-order valence-electron chi connectivity index (χ1n) is 5.29. The van der Waals surface area contributed by atoms with Gasteiger partial charge in [-0.25, -0.2) is 4.79 Å². The predicted octanol–water partition coefficient (Wildman–Crippen LogP) is -0.0308. The average molecular weight is 215 g/mol. The van der Waals surface area contributed by atoms with Crippen molar-refractivity contribution in [3.8, 4) is 0 Å². The van der Waals surface area contributed by atoms with Gasteiger partial charge in [0.2, 0.25) is 5.91 Å². The monoisotopic (exact) mass is 215 g/mol. The number of nitrogens with one attached hydrogen (secondary N) is 1. The van der Waals surface area contributed by atoms with Crippen molar-refractivity contribution in [1.29, 1.82) is 0 Å². The van der Waals surface area contributed by atoms with Crippen LogP contribution in [0.1, 0.15) is 32.6 Å². The minimum atomic E-state index is -0.910. The first kappa shape index (κ1) is 12.0. The second-order valence-electron chi connectivity index (χ2n) is 3.70. The van der Waals surface area contributed by atoms with Crippen molar-refractivity contribution in [3.63, 3.8) is 0 Å². The van der Waals surface area contributed by atoms with Crippen molar-refractivity contribution in [1.82, 2.24) is 5.32 Å². The number of hydrogen-bond acceptors (Lipinski definition) is 4. The third kappa shape index (κ3) is 3.51. The summed E-state index contributed by atoms with van der Waals surface area (Å²) in [5.41, 5.74) is 0. The summed E-state index contributed by atoms with van der Waals surface area (Å²) in [4.78, 5) is 22.4. The smallest absolute Gasteiger partial charge is 0.331 e. The molecule has 0 aromatic heterocycles. The van der Waals surface area contributed by atoms with E-state index in [1.165, 1.54) is 0 Å². The van der Waals surface area contributed by atoms with Crippen LogP contribution in [0.5, 0.6) is 0 Å². The molecule has 1 rings (SSSR count). The molecule has 1 saturated heterocycles. The van der Waals surface area contributed by atoms with Gasteiger partial charge in [0.05, 0.1) is 0 Å². The van der Waals surface area contributed by atoms with E-state index in [2.05, 4.69) is 17.0 Å². The minimum absolute atomic E-state index is 0.0290. The Morgan fingerprint density at radius 2 is 2.33 bits per heavy atom. The lowest BCUT2D eigenvalue weighted by Gasteiger charge is -2.11. The SMILES string of the molecule is CCCCCC(=O)N[C@@H]1C(=O)OC[C@@H]1O. The largest absolute Gasteiger partial charge is 0.461 e. The topological polar surface area (TPSA) is 75.6 Å². The Labute approximate surface area is 88.8 Å². The van der Waals surface area contributed by atoms with Crippen molar-refractivity contribution in [2.75, 3.05) is 6.61 Å². The summed E-state index contributed by atoms with van der Waals surface area (Å²) in [5.74, 6) is -0.752. The van der Waals surface area contributed by atoms with E-state index in [1.54, 1.807) is 0 Å². The number of amides is 1. The maximum absolute atomic E-state index is 11.3. The van der Waals surface area contributed by atoms with E-state index in [4.69, 9.17) is 0 Å². The standard InChI is InChI=1S/C10H17NO4/c1-2-3-4-5-8(13)11-9-7(12)6-15-10(9)14/h7,9,12H,2-6H2,1H3,(H,11,13)/t7-,9-/m0/s1. The first-order chi connectivity index (χ1) is 7.15. The summed E-state index contributed by atoms with van der Waals surface area (Å²) < 4.78 is 4.60. The molecule has 1 aliphatic rings. The zero-order valence-electron chi connectivity index (χ0n) is 8.86. The zero-order chi connectivity index (χ0) is 11.3. The molecule has 5 heteroatoms. The molecule has 0 aliphatic carbocycles. The van der Waals surface area contributed by atoms with E-state index in [-0.39, 0.29) is 12.5 Å². The zero-order valence-corrected chi connectivity index (χ0v) is 8.86. The molecule has 0 spiro atoms. The van der Waals surface area contributed by atoms with Gasteiger partial charge in [-0.05, 0) is 6.42 Å². The molecule has 1 heterocycles. The Morgan fingerprint density at radius 1 is 1.60 bits per heavy atom. The number of carbonyl (C=O) groups is 2.